The van der Waals surface area contributed by atoms with Crippen LogP contribution in [0.4, 0.5) is 0 Å². The van der Waals surface area contributed by atoms with Gasteiger partial charge in [-0.2, -0.15) is 0 Å². The van der Waals surface area contributed by atoms with Crippen molar-refractivity contribution in [2.24, 2.45) is 0 Å². The van der Waals surface area contributed by atoms with E-state index in [2.05, 4.69) is 18.7 Å². The highest BCUT2D eigenvalue weighted by Crippen LogP contribution is 2.17. The van der Waals surface area contributed by atoms with Crippen molar-refractivity contribution in [2.45, 2.75) is 32.2 Å². The smallest absolute Gasteiger partial charge is 0.119 e. The monoisotopic (exact) mass is 330 g/mol. The van der Waals surface area contributed by atoms with Crippen LogP contribution in [0.15, 0.2) is 24.3 Å². The normalized spacial score (nSPS) is 23.5. The summed E-state index contributed by atoms with van der Waals surface area (Å²) in [5.41, 5.74) is 0. The third-order valence-corrected chi connectivity index (χ3v) is 3.47. The Balaban J connectivity index is 0.00000242. The number of β-amino-alcohol motifs (C(OH)–C–C–N with tert-alkyl or cyclic N) is 1. The molecule has 1 heterocycles. The van der Waals surface area contributed by atoms with E-state index < -0.39 is 6.10 Å². The number of hydrogen-bond donors (Lipinski definition) is 1. The molecule has 0 amide bonds. The highest BCUT2D eigenvalue weighted by Gasteiger charge is 2.23. The molecule has 5 nitrogen and oxygen atoms in total. The summed E-state index contributed by atoms with van der Waals surface area (Å²) in [5.74, 6) is 1.53. The molecule has 1 aromatic rings. The first-order chi connectivity index (χ1) is 10.1. The second-order valence-electron chi connectivity index (χ2n) is 5.62. The third-order valence-electron chi connectivity index (χ3n) is 3.47. The minimum atomic E-state index is -0.510. The van der Waals surface area contributed by atoms with Gasteiger partial charge in [0.15, 0.2) is 0 Å². The fourth-order valence-corrected chi connectivity index (χ4v) is 2.65. The molecule has 0 spiro atoms. The lowest BCUT2D eigenvalue weighted by molar-refractivity contribution is -0.0786. The number of halogens is 1. The van der Waals surface area contributed by atoms with Crippen LogP contribution in [0, 0.1) is 0 Å². The molecule has 0 radical (unpaired) electrons. The average Bonchev–Trinajstić information content (AvgIpc) is 2.44. The molecule has 2 rings (SSSR count). The Bertz CT molecular complexity index is 419. The molecular formula is C16H25ClNO4-. The van der Waals surface area contributed by atoms with Crippen molar-refractivity contribution in [2.75, 3.05) is 33.4 Å². The van der Waals surface area contributed by atoms with Gasteiger partial charge < -0.3 is 31.7 Å². The number of aliphatic hydroxyl groups is 1. The van der Waals surface area contributed by atoms with Gasteiger partial charge in [0.05, 0.1) is 19.3 Å². The Morgan fingerprint density at radius 2 is 1.73 bits per heavy atom. The van der Waals surface area contributed by atoms with Crippen LogP contribution in [-0.2, 0) is 4.74 Å². The van der Waals surface area contributed by atoms with Crippen LogP contribution in [0.1, 0.15) is 13.8 Å². The van der Waals surface area contributed by atoms with Gasteiger partial charge in [0.2, 0.25) is 0 Å². The van der Waals surface area contributed by atoms with Gasteiger partial charge in [0, 0.05) is 19.6 Å². The van der Waals surface area contributed by atoms with Crippen LogP contribution in [0.5, 0.6) is 11.5 Å². The van der Waals surface area contributed by atoms with E-state index in [1.165, 1.54) is 0 Å². The summed E-state index contributed by atoms with van der Waals surface area (Å²) in [4.78, 5) is 2.22. The maximum Gasteiger partial charge on any atom is 0.119 e. The number of hydrogen-bond acceptors (Lipinski definition) is 5. The standard InChI is InChI=1S/C16H25NO4.ClH/c1-12-8-17(9-13(2)21-12)10-14(18)11-20-16-6-4-15(19-3)5-7-16;/h4-7,12-14,18H,8-11H2,1-3H3;1H/p-1. The van der Waals surface area contributed by atoms with Crippen molar-refractivity contribution in [1.29, 1.82) is 0 Å². The summed E-state index contributed by atoms with van der Waals surface area (Å²) in [7, 11) is 1.63. The molecule has 126 valence electrons. The molecule has 1 saturated heterocycles. The van der Waals surface area contributed by atoms with Crippen molar-refractivity contribution in [3.8, 4) is 11.5 Å². The topological polar surface area (TPSA) is 51.2 Å². The van der Waals surface area contributed by atoms with Gasteiger partial charge in [-0.05, 0) is 38.1 Å². The molecule has 0 aromatic heterocycles. The number of aliphatic hydroxyl groups excluding tert-OH is 1. The lowest BCUT2D eigenvalue weighted by Crippen LogP contribution is -3.00. The number of benzene rings is 1. The highest BCUT2D eigenvalue weighted by atomic mass is 35.5. The van der Waals surface area contributed by atoms with Gasteiger partial charge >= 0.3 is 0 Å². The van der Waals surface area contributed by atoms with Gasteiger partial charge in [0.1, 0.15) is 24.2 Å². The van der Waals surface area contributed by atoms with Gasteiger partial charge in [-0.1, -0.05) is 0 Å². The maximum atomic E-state index is 10.1. The molecule has 6 heteroatoms. The van der Waals surface area contributed by atoms with Crippen LogP contribution >= 0.6 is 0 Å². The lowest BCUT2D eigenvalue weighted by Gasteiger charge is -2.36. The Hall–Kier alpha value is -1.01. The molecule has 1 N–H and O–H groups in total. The lowest BCUT2D eigenvalue weighted by atomic mass is 10.2. The summed E-state index contributed by atoms with van der Waals surface area (Å²) in [5, 5.41) is 10.1. The van der Waals surface area contributed by atoms with E-state index in [4.69, 9.17) is 14.2 Å². The first-order valence-corrected chi connectivity index (χ1v) is 7.39. The van der Waals surface area contributed by atoms with Crippen molar-refractivity contribution in [3.63, 3.8) is 0 Å². The zero-order valence-electron chi connectivity index (χ0n) is 13.4. The number of methoxy groups -OCH3 is 1. The van der Waals surface area contributed by atoms with Gasteiger partial charge in [-0.15, -0.1) is 0 Å². The highest BCUT2D eigenvalue weighted by molar-refractivity contribution is 5.31. The van der Waals surface area contributed by atoms with Crippen molar-refractivity contribution < 1.29 is 31.7 Å². The van der Waals surface area contributed by atoms with Gasteiger partial charge in [0.25, 0.3) is 0 Å². The van der Waals surface area contributed by atoms with Crippen molar-refractivity contribution in [1.82, 2.24) is 4.90 Å². The third kappa shape index (κ3) is 6.01. The number of ether oxygens (including phenoxy) is 3. The number of nitrogens with zero attached hydrogens (tertiary/aromatic N) is 1. The fourth-order valence-electron chi connectivity index (χ4n) is 2.65. The van der Waals surface area contributed by atoms with E-state index in [0.29, 0.717) is 6.54 Å². The van der Waals surface area contributed by atoms with Crippen LogP contribution in [0.2, 0.25) is 0 Å². The van der Waals surface area contributed by atoms with E-state index in [0.717, 1.165) is 24.6 Å². The second-order valence-corrected chi connectivity index (χ2v) is 5.62. The maximum absolute atomic E-state index is 10.1. The molecular weight excluding hydrogens is 306 g/mol. The first kappa shape index (κ1) is 19.0. The quantitative estimate of drug-likeness (QED) is 0.691. The van der Waals surface area contributed by atoms with E-state index in [1.807, 2.05) is 24.3 Å². The van der Waals surface area contributed by atoms with Crippen LogP contribution < -0.4 is 21.9 Å². The van der Waals surface area contributed by atoms with E-state index in [9.17, 15) is 5.11 Å². The SMILES string of the molecule is COc1ccc(OCC(O)CN2CC(C)OC(C)C2)cc1.[Cl-]. The van der Waals surface area contributed by atoms with E-state index in [-0.39, 0.29) is 31.2 Å². The molecule has 0 aliphatic carbocycles. The Labute approximate surface area is 138 Å². The minimum absolute atomic E-state index is 0. The second kappa shape index (κ2) is 9.20. The predicted octanol–water partition coefficient (Wildman–Crippen LogP) is -1.45. The number of morpholine rings is 1. The van der Waals surface area contributed by atoms with Crippen molar-refractivity contribution >= 4 is 0 Å². The van der Waals surface area contributed by atoms with Gasteiger partial charge in [-0.25, -0.2) is 0 Å². The van der Waals surface area contributed by atoms with Gasteiger partial charge in [-0.3, -0.25) is 4.90 Å². The molecule has 0 saturated carbocycles. The molecule has 3 atom stereocenters. The minimum Gasteiger partial charge on any atom is -1.00 e. The Morgan fingerprint density at radius 3 is 2.27 bits per heavy atom. The summed E-state index contributed by atoms with van der Waals surface area (Å²) in [6.07, 6.45) is -0.0866. The Kier molecular flexibility index (Phi) is 7.96. The number of rotatable bonds is 6. The summed E-state index contributed by atoms with van der Waals surface area (Å²) >= 11 is 0. The fraction of sp³-hybridized carbons (Fsp3) is 0.625. The van der Waals surface area contributed by atoms with E-state index in [1.54, 1.807) is 7.11 Å². The first-order valence-electron chi connectivity index (χ1n) is 7.39. The zero-order valence-corrected chi connectivity index (χ0v) is 14.1. The molecule has 1 aromatic carbocycles. The van der Waals surface area contributed by atoms with E-state index >= 15 is 0 Å². The molecule has 1 fully saturated rings. The molecule has 22 heavy (non-hydrogen) atoms. The molecule has 1 aliphatic rings. The predicted molar refractivity (Wildman–Crippen MR) is 80.9 cm³/mol. The average molecular weight is 331 g/mol. The molecule has 0 bridgehead atoms. The molecule has 3 unspecified atom stereocenters. The van der Waals surface area contributed by atoms with Crippen LogP contribution in [0.25, 0.3) is 0 Å². The van der Waals surface area contributed by atoms with Crippen LogP contribution in [0.3, 0.4) is 0 Å². The van der Waals surface area contributed by atoms with Crippen LogP contribution in [-0.4, -0.2) is 61.7 Å². The largest absolute Gasteiger partial charge is 1.00 e. The Morgan fingerprint density at radius 1 is 1.18 bits per heavy atom. The summed E-state index contributed by atoms with van der Waals surface area (Å²) in [6, 6.07) is 7.36. The summed E-state index contributed by atoms with van der Waals surface area (Å²) < 4.78 is 16.4. The zero-order chi connectivity index (χ0) is 15.2. The summed E-state index contributed by atoms with van der Waals surface area (Å²) in [6.45, 7) is 6.71. The van der Waals surface area contributed by atoms with Crippen molar-refractivity contribution in [3.05, 3.63) is 24.3 Å². The molecule has 1 aliphatic heterocycles.